The molecule has 0 unspecified atom stereocenters. The van der Waals surface area contributed by atoms with Crippen LogP contribution in [0.3, 0.4) is 0 Å². The van der Waals surface area contributed by atoms with E-state index in [-0.39, 0.29) is 52.9 Å². The standard InChI is InChI=1S/C27H38N4O4/c1-29-14-17-8-12-31(23(28)30-2)19-7-11-24-9-4-3-5-20(32)25(35)15-26(24)18(21(25)22(33)34)13-16(6-10-24)27(17,19)26/h8,12,16-17,19,29,35H,3-7,9-11,13-15H2,1-2H3,(H2,28,30)(H,33,34)/t16-,17-,19-,24-,25-,26-,27-/m1/s1. The molecule has 0 radical (unpaired) electrons. The number of hydrogen-bond acceptors (Lipinski definition) is 5. The van der Waals surface area contributed by atoms with Gasteiger partial charge in [0.2, 0.25) is 0 Å². The van der Waals surface area contributed by atoms with E-state index in [1.165, 1.54) is 0 Å². The molecule has 1 heterocycles. The third kappa shape index (κ3) is 2.43. The van der Waals surface area contributed by atoms with Gasteiger partial charge in [0.15, 0.2) is 17.3 Å². The third-order valence-corrected chi connectivity index (χ3v) is 11.3. The van der Waals surface area contributed by atoms with E-state index in [0.717, 1.165) is 50.6 Å². The Morgan fingerprint density at radius 1 is 1.29 bits per heavy atom. The summed E-state index contributed by atoms with van der Waals surface area (Å²) in [6.45, 7) is 0.764. The molecule has 1 aliphatic heterocycles. The van der Waals surface area contributed by atoms with Crippen LogP contribution in [0.1, 0.15) is 64.2 Å². The lowest BCUT2D eigenvalue weighted by Gasteiger charge is -2.72. The quantitative estimate of drug-likeness (QED) is 0.359. The lowest BCUT2D eigenvalue weighted by molar-refractivity contribution is -0.213. The first-order chi connectivity index (χ1) is 16.7. The molecule has 35 heavy (non-hydrogen) atoms. The van der Waals surface area contributed by atoms with Crippen molar-refractivity contribution in [3.63, 3.8) is 0 Å². The minimum Gasteiger partial charge on any atom is -0.478 e. The first-order valence-electron chi connectivity index (χ1n) is 13.3. The Balaban J connectivity index is 1.71. The van der Waals surface area contributed by atoms with Gasteiger partial charge in [-0.3, -0.25) is 9.79 Å². The van der Waals surface area contributed by atoms with Crippen LogP contribution in [0.4, 0.5) is 0 Å². The molecule has 5 aliphatic carbocycles. The van der Waals surface area contributed by atoms with Gasteiger partial charge in [-0.1, -0.05) is 12.5 Å². The fraction of sp³-hybridized carbons (Fsp3) is 0.741. The zero-order valence-electron chi connectivity index (χ0n) is 20.8. The number of nitrogens with zero attached hydrogens (tertiary/aromatic N) is 2. The first kappa shape index (κ1) is 23.2. The maximum atomic E-state index is 13.5. The van der Waals surface area contributed by atoms with Gasteiger partial charge in [-0.15, -0.1) is 0 Å². The fourth-order valence-corrected chi connectivity index (χ4v) is 10.5. The van der Waals surface area contributed by atoms with Crippen LogP contribution in [-0.4, -0.2) is 65.1 Å². The van der Waals surface area contributed by atoms with Crippen LogP contribution in [0, 0.1) is 28.1 Å². The Bertz CT molecular complexity index is 1080. The third-order valence-electron chi connectivity index (χ3n) is 11.3. The van der Waals surface area contributed by atoms with Gasteiger partial charge in [0.1, 0.15) is 0 Å². The molecule has 4 saturated carbocycles. The summed E-state index contributed by atoms with van der Waals surface area (Å²) in [5.41, 5.74) is 4.50. The number of aliphatic imine (C=N–C) groups is 1. The van der Waals surface area contributed by atoms with E-state index in [0.29, 0.717) is 18.8 Å². The molecule has 2 spiro atoms. The summed E-state index contributed by atoms with van der Waals surface area (Å²) < 4.78 is 0. The Morgan fingerprint density at radius 2 is 2.06 bits per heavy atom. The minimum absolute atomic E-state index is 0.0136. The molecule has 0 amide bonds. The number of nitrogens with one attached hydrogen (secondary N) is 1. The van der Waals surface area contributed by atoms with E-state index >= 15 is 0 Å². The average Bonchev–Trinajstić information content (AvgIpc) is 3.21. The van der Waals surface area contributed by atoms with Crippen molar-refractivity contribution in [2.75, 3.05) is 20.6 Å². The molecular weight excluding hydrogens is 444 g/mol. The average molecular weight is 483 g/mol. The lowest BCUT2D eigenvalue weighted by atomic mass is 9.34. The summed E-state index contributed by atoms with van der Waals surface area (Å²) in [7, 11) is 3.67. The molecule has 0 aromatic heterocycles. The van der Waals surface area contributed by atoms with Gasteiger partial charge >= 0.3 is 5.97 Å². The van der Waals surface area contributed by atoms with E-state index in [9.17, 15) is 19.8 Å². The summed E-state index contributed by atoms with van der Waals surface area (Å²) in [6.07, 6.45) is 12.1. The highest BCUT2D eigenvalue weighted by atomic mass is 16.4. The second kappa shape index (κ2) is 7.42. The predicted molar refractivity (Wildman–Crippen MR) is 131 cm³/mol. The van der Waals surface area contributed by atoms with Crippen molar-refractivity contribution >= 4 is 17.7 Å². The second-order valence-corrected chi connectivity index (χ2v) is 11.9. The summed E-state index contributed by atoms with van der Waals surface area (Å²) in [4.78, 5) is 32.8. The lowest BCUT2D eigenvalue weighted by Crippen LogP contribution is -2.72. The molecule has 0 aromatic carbocycles. The van der Waals surface area contributed by atoms with Crippen LogP contribution < -0.4 is 11.1 Å². The molecule has 190 valence electrons. The molecule has 0 aromatic rings. The van der Waals surface area contributed by atoms with E-state index in [1.54, 1.807) is 7.05 Å². The van der Waals surface area contributed by atoms with Crippen molar-refractivity contribution < 1.29 is 19.8 Å². The van der Waals surface area contributed by atoms with Crippen LogP contribution >= 0.6 is 0 Å². The SMILES string of the molecule is CN=C(N)N1C=C[C@H](CNC)[C@@]23[C@@H]4CC[C@]5(CCCCC(=O)[C@]6(O)C[C@@]52C(=C6C(=O)O)C4)CC[C@@H]13. The highest BCUT2D eigenvalue weighted by molar-refractivity contribution is 6.04. The largest absolute Gasteiger partial charge is 0.478 e. The Labute approximate surface area is 206 Å². The molecule has 8 nitrogen and oxygen atoms in total. The number of carboxylic acid groups (broad SMARTS) is 1. The summed E-state index contributed by atoms with van der Waals surface area (Å²) in [5, 5.41) is 26.0. The molecule has 6 aliphatic rings. The molecule has 8 heteroatoms. The number of carboxylic acids is 1. The predicted octanol–water partition coefficient (Wildman–Crippen LogP) is 2.19. The number of Topliss-reactive ketones (excluding diaryl/α,β-unsaturated/α-hetero) is 1. The number of aliphatic carboxylic acids is 1. The number of ketones is 1. The number of allylic oxidation sites excluding steroid dienone is 1. The molecular formula is C27H38N4O4. The van der Waals surface area contributed by atoms with Crippen molar-refractivity contribution in [2.45, 2.75) is 75.9 Å². The van der Waals surface area contributed by atoms with Gasteiger partial charge in [-0.2, -0.15) is 0 Å². The maximum Gasteiger partial charge on any atom is 0.334 e. The van der Waals surface area contributed by atoms with Crippen LogP contribution in [0.5, 0.6) is 0 Å². The highest BCUT2D eigenvalue weighted by Crippen LogP contribution is 2.85. The topological polar surface area (TPSA) is 128 Å². The number of carbonyl (C=O) groups excluding carboxylic acids is 1. The van der Waals surface area contributed by atoms with Gasteiger partial charge in [-0.05, 0) is 81.2 Å². The maximum absolute atomic E-state index is 13.5. The number of rotatable bonds is 3. The minimum atomic E-state index is -1.91. The first-order valence-corrected chi connectivity index (χ1v) is 13.3. The van der Waals surface area contributed by atoms with Crippen LogP contribution in [0.2, 0.25) is 0 Å². The van der Waals surface area contributed by atoms with E-state index in [4.69, 9.17) is 5.73 Å². The van der Waals surface area contributed by atoms with Gasteiger partial charge < -0.3 is 26.2 Å². The summed E-state index contributed by atoms with van der Waals surface area (Å²) >= 11 is 0. The number of guanidine groups is 1. The second-order valence-electron chi connectivity index (χ2n) is 11.9. The number of nitrogens with two attached hydrogens (primary N) is 1. The fourth-order valence-electron chi connectivity index (χ4n) is 10.5. The van der Waals surface area contributed by atoms with Gasteiger partial charge in [0, 0.05) is 43.1 Å². The Kier molecular flexibility index (Phi) is 4.92. The number of aliphatic hydroxyl groups is 1. The van der Waals surface area contributed by atoms with Gasteiger partial charge in [0.05, 0.1) is 5.57 Å². The molecule has 4 fully saturated rings. The highest BCUT2D eigenvalue weighted by Gasteiger charge is 2.83. The van der Waals surface area contributed by atoms with Crippen molar-refractivity contribution in [1.29, 1.82) is 0 Å². The van der Waals surface area contributed by atoms with E-state index < -0.39 is 17.0 Å². The molecule has 6 rings (SSSR count). The Morgan fingerprint density at radius 3 is 2.77 bits per heavy atom. The zero-order chi connectivity index (χ0) is 24.8. The number of hydrogen-bond donors (Lipinski definition) is 4. The van der Waals surface area contributed by atoms with Crippen LogP contribution in [0.25, 0.3) is 0 Å². The summed E-state index contributed by atoms with van der Waals surface area (Å²) in [6, 6.07) is 0.0544. The number of fused-ring (bicyclic) bond motifs is 1. The van der Waals surface area contributed by atoms with Crippen LogP contribution in [0.15, 0.2) is 28.4 Å². The normalized spacial score (nSPS) is 46.3. The Hall–Kier alpha value is -2.19. The van der Waals surface area contributed by atoms with Crippen molar-refractivity contribution in [1.82, 2.24) is 10.2 Å². The molecule has 0 saturated heterocycles. The van der Waals surface area contributed by atoms with Crippen LogP contribution in [-0.2, 0) is 9.59 Å². The van der Waals surface area contributed by atoms with Crippen molar-refractivity contribution in [2.24, 2.45) is 38.8 Å². The van der Waals surface area contributed by atoms with E-state index in [1.807, 2.05) is 7.05 Å². The molecule has 7 atom stereocenters. The van der Waals surface area contributed by atoms with Crippen molar-refractivity contribution in [3.8, 4) is 0 Å². The van der Waals surface area contributed by atoms with E-state index in [2.05, 4.69) is 27.5 Å². The summed E-state index contributed by atoms with van der Waals surface area (Å²) in [5.74, 6) is -0.528. The van der Waals surface area contributed by atoms with Gasteiger partial charge in [0.25, 0.3) is 0 Å². The monoisotopic (exact) mass is 482 g/mol. The van der Waals surface area contributed by atoms with Gasteiger partial charge in [-0.25, -0.2) is 4.79 Å². The van der Waals surface area contributed by atoms with Crippen molar-refractivity contribution in [3.05, 3.63) is 23.4 Å². The molecule has 5 N–H and O–H groups in total. The zero-order valence-corrected chi connectivity index (χ0v) is 20.8. The molecule has 5 bridgehead atoms. The number of carbonyl (C=O) groups is 2. The smallest absolute Gasteiger partial charge is 0.334 e.